The molecule has 0 fully saturated rings. The number of aliphatic hydroxyl groups excluding tert-OH is 2. The molecule has 3 rings (SSSR count). The van der Waals surface area contributed by atoms with Crippen LogP contribution in [0.3, 0.4) is 0 Å². The molecule has 0 saturated carbocycles. The zero-order chi connectivity index (χ0) is 30.0. The van der Waals surface area contributed by atoms with Crippen molar-refractivity contribution < 1.29 is 55.1 Å². The van der Waals surface area contributed by atoms with Crippen molar-refractivity contribution in [1.82, 2.24) is 25.2 Å². The summed E-state index contributed by atoms with van der Waals surface area (Å²) in [6.07, 6.45) is -6.90. The lowest BCUT2D eigenvalue weighted by molar-refractivity contribution is -0.384. The summed E-state index contributed by atoms with van der Waals surface area (Å²) in [6.45, 7) is -1.23. The number of pyridine rings is 1. The fourth-order valence-electron chi connectivity index (χ4n) is 2.93. The summed E-state index contributed by atoms with van der Waals surface area (Å²) in [7, 11) is 0. The first-order chi connectivity index (χ1) is 18.5. The number of nitro benzene ring substituents is 1. The number of carbonyl (C=O) groups is 1. The molecule has 40 heavy (non-hydrogen) atoms. The number of amides is 1. The predicted octanol–water partition coefficient (Wildman–Crippen LogP) is 3.33. The Labute approximate surface area is 220 Å². The SMILES string of the molecule is O=C(Nc1ncc(C(F)(F)C(F)(F)C(F)(F)F)cc1F)c1cc([N+](=O)[O-])ccc1Sc1nnnn1C(CO)CO. The van der Waals surface area contributed by atoms with Gasteiger partial charge in [0.2, 0.25) is 5.16 Å². The van der Waals surface area contributed by atoms with Gasteiger partial charge in [-0.3, -0.25) is 14.9 Å². The first-order valence-electron chi connectivity index (χ1n) is 10.3. The fourth-order valence-corrected chi connectivity index (χ4v) is 3.88. The van der Waals surface area contributed by atoms with E-state index in [4.69, 9.17) is 0 Å². The highest BCUT2D eigenvalue weighted by molar-refractivity contribution is 7.99. The van der Waals surface area contributed by atoms with Gasteiger partial charge in [-0.25, -0.2) is 14.1 Å². The van der Waals surface area contributed by atoms with Crippen LogP contribution in [0.4, 0.5) is 46.6 Å². The monoisotopic (exact) mass is 603 g/mol. The van der Waals surface area contributed by atoms with Crippen molar-refractivity contribution in [2.24, 2.45) is 0 Å². The minimum absolute atomic E-state index is 0.123. The molecule has 1 amide bonds. The summed E-state index contributed by atoms with van der Waals surface area (Å²) in [4.78, 5) is 26.1. The van der Waals surface area contributed by atoms with E-state index in [-0.39, 0.29) is 22.3 Å². The second-order valence-corrected chi connectivity index (χ2v) is 8.63. The molecule has 0 spiro atoms. The van der Waals surface area contributed by atoms with Crippen LogP contribution in [0.5, 0.6) is 0 Å². The number of carbonyl (C=O) groups excluding carboxylic acids is 1. The van der Waals surface area contributed by atoms with Gasteiger partial charge in [-0.05, 0) is 34.3 Å². The van der Waals surface area contributed by atoms with Crippen LogP contribution in [0.2, 0.25) is 0 Å². The van der Waals surface area contributed by atoms with Gasteiger partial charge >= 0.3 is 18.0 Å². The van der Waals surface area contributed by atoms with Gasteiger partial charge in [0, 0.05) is 28.8 Å². The van der Waals surface area contributed by atoms with Crippen molar-refractivity contribution in [3.05, 3.63) is 57.5 Å². The zero-order valence-electron chi connectivity index (χ0n) is 19.1. The van der Waals surface area contributed by atoms with E-state index in [0.717, 1.165) is 16.8 Å². The number of tetrazole rings is 1. The van der Waals surface area contributed by atoms with Crippen molar-refractivity contribution in [2.75, 3.05) is 18.5 Å². The van der Waals surface area contributed by atoms with Crippen LogP contribution in [0.1, 0.15) is 22.0 Å². The van der Waals surface area contributed by atoms with Crippen molar-refractivity contribution >= 4 is 29.2 Å². The number of benzene rings is 1. The summed E-state index contributed by atoms with van der Waals surface area (Å²) < 4.78 is 107. The van der Waals surface area contributed by atoms with Gasteiger partial charge < -0.3 is 15.5 Å². The average molecular weight is 603 g/mol. The second kappa shape index (κ2) is 11.3. The third-order valence-electron chi connectivity index (χ3n) is 5.04. The van der Waals surface area contributed by atoms with Crippen LogP contribution in [0.25, 0.3) is 0 Å². The largest absolute Gasteiger partial charge is 0.460 e. The molecule has 12 nitrogen and oxygen atoms in total. The number of aliphatic hydroxyl groups is 2. The van der Waals surface area contributed by atoms with Crippen molar-refractivity contribution in [2.45, 2.75) is 34.1 Å². The van der Waals surface area contributed by atoms with E-state index >= 15 is 0 Å². The third kappa shape index (κ3) is 5.79. The Morgan fingerprint density at radius 1 is 1.12 bits per heavy atom. The molecule has 0 unspecified atom stereocenters. The first-order valence-corrected chi connectivity index (χ1v) is 11.1. The van der Waals surface area contributed by atoms with E-state index in [1.807, 2.05) is 0 Å². The lowest BCUT2D eigenvalue weighted by Crippen LogP contribution is -2.50. The van der Waals surface area contributed by atoms with Crippen LogP contribution in [0.15, 0.2) is 40.5 Å². The molecule has 0 atom stereocenters. The Balaban J connectivity index is 1.96. The van der Waals surface area contributed by atoms with Gasteiger partial charge in [-0.2, -0.15) is 30.7 Å². The van der Waals surface area contributed by atoms with Crippen LogP contribution in [-0.2, 0) is 5.92 Å². The standard InChI is InChI=1S/C19H13F8N7O5S/c20-12-3-8(17(21,22)18(23,24)19(25,26)27)5-28-14(12)29-15(37)11-4-9(34(38)39)1-2-13(11)40-16-30-31-32-33(16)10(6-35)7-36/h1-5,10,35-36H,6-7H2,(H,28,29,37). The summed E-state index contributed by atoms with van der Waals surface area (Å²) in [5.41, 5.74) is -3.35. The molecular weight excluding hydrogens is 590 g/mol. The zero-order valence-corrected chi connectivity index (χ0v) is 19.9. The molecule has 21 heteroatoms. The Kier molecular flexibility index (Phi) is 8.60. The number of anilines is 1. The van der Waals surface area contributed by atoms with Crippen LogP contribution in [-0.4, -0.2) is 71.5 Å². The number of hydrogen-bond acceptors (Lipinski definition) is 10. The van der Waals surface area contributed by atoms with Crippen molar-refractivity contribution in [1.29, 1.82) is 0 Å². The lowest BCUT2D eigenvalue weighted by atomic mass is 10.0. The molecule has 1 aromatic carbocycles. The van der Waals surface area contributed by atoms with E-state index in [1.165, 1.54) is 0 Å². The van der Waals surface area contributed by atoms with E-state index in [9.17, 15) is 60.2 Å². The van der Waals surface area contributed by atoms with Gasteiger partial charge in [0.15, 0.2) is 11.6 Å². The van der Waals surface area contributed by atoms with Crippen molar-refractivity contribution in [3.63, 3.8) is 0 Å². The molecule has 2 aromatic heterocycles. The van der Waals surface area contributed by atoms with Gasteiger partial charge in [-0.15, -0.1) is 5.10 Å². The molecule has 216 valence electrons. The number of rotatable bonds is 10. The van der Waals surface area contributed by atoms with Crippen LogP contribution in [0, 0.1) is 15.9 Å². The maximum atomic E-state index is 14.4. The number of non-ortho nitro benzene ring substituents is 1. The van der Waals surface area contributed by atoms with Gasteiger partial charge in [0.1, 0.15) is 6.04 Å². The van der Waals surface area contributed by atoms with Gasteiger partial charge in [-0.1, -0.05) is 0 Å². The van der Waals surface area contributed by atoms with E-state index in [2.05, 4.69) is 20.5 Å². The first kappa shape index (κ1) is 30.6. The number of aromatic nitrogens is 5. The van der Waals surface area contributed by atoms with Crippen molar-refractivity contribution in [3.8, 4) is 0 Å². The number of halogens is 8. The van der Waals surface area contributed by atoms with E-state index < -0.39 is 76.6 Å². The third-order valence-corrected chi connectivity index (χ3v) is 6.06. The lowest BCUT2D eigenvalue weighted by Gasteiger charge is -2.28. The maximum Gasteiger partial charge on any atom is 0.460 e. The summed E-state index contributed by atoms with van der Waals surface area (Å²) in [5, 5.41) is 42.2. The molecule has 3 N–H and O–H groups in total. The molecule has 0 aliphatic carbocycles. The smallest absolute Gasteiger partial charge is 0.394 e. The molecule has 0 aliphatic rings. The van der Waals surface area contributed by atoms with Crippen LogP contribution < -0.4 is 5.32 Å². The fraction of sp³-hybridized carbons (Fsp3) is 0.316. The summed E-state index contributed by atoms with van der Waals surface area (Å²) >= 11 is 0.599. The topological polar surface area (TPSA) is 169 Å². The highest BCUT2D eigenvalue weighted by atomic mass is 32.2. The van der Waals surface area contributed by atoms with E-state index in [1.54, 1.807) is 5.32 Å². The molecule has 0 aliphatic heterocycles. The highest BCUT2D eigenvalue weighted by Crippen LogP contribution is 2.51. The minimum atomic E-state index is -6.69. The quantitative estimate of drug-likeness (QED) is 0.178. The predicted molar refractivity (Wildman–Crippen MR) is 115 cm³/mol. The molecular formula is C19H13F8N7O5S. The molecule has 2 heterocycles. The van der Waals surface area contributed by atoms with Gasteiger partial charge in [0.05, 0.1) is 23.7 Å². The summed E-state index contributed by atoms with van der Waals surface area (Å²) in [6, 6.07) is 1.32. The Morgan fingerprint density at radius 3 is 2.33 bits per heavy atom. The normalized spacial score (nSPS) is 12.6. The van der Waals surface area contributed by atoms with Crippen LogP contribution >= 0.6 is 11.8 Å². The number of hydrogen-bond donors (Lipinski definition) is 3. The number of nitrogens with one attached hydrogen (secondary N) is 1. The molecule has 0 radical (unpaired) electrons. The second-order valence-electron chi connectivity index (χ2n) is 7.62. The highest BCUT2D eigenvalue weighted by Gasteiger charge is 2.73. The Morgan fingerprint density at radius 2 is 1.77 bits per heavy atom. The average Bonchev–Trinajstić information content (AvgIpc) is 3.33. The molecule has 3 aromatic rings. The Hall–Kier alpha value is -3.98. The Bertz CT molecular complexity index is 1420. The molecule has 0 bridgehead atoms. The molecule has 0 saturated heterocycles. The van der Waals surface area contributed by atoms with Gasteiger partial charge in [0.25, 0.3) is 11.6 Å². The maximum absolute atomic E-state index is 14.4. The number of nitrogens with zero attached hydrogens (tertiary/aromatic N) is 6. The summed E-state index contributed by atoms with van der Waals surface area (Å²) in [5.74, 6) is -17.0. The van der Waals surface area contributed by atoms with E-state index in [0.29, 0.717) is 17.8 Å². The number of nitro groups is 1. The minimum Gasteiger partial charge on any atom is -0.394 e. The number of alkyl halides is 7.